The van der Waals surface area contributed by atoms with Crippen molar-refractivity contribution in [2.24, 2.45) is 0 Å². The van der Waals surface area contributed by atoms with E-state index >= 15 is 0 Å². The van der Waals surface area contributed by atoms with Gasteiger partial charge in [-0.25, -0.2) is 0 Å². The molecule has 0 saturated carbocycles. The predicted octanol–water partition coefficient (Wildman–Crippen LogP) is 4.93. The topological polar surface area (TPSA) is 0 Å². The van der Waals surface area contributed by atoms with E-state index in [-0.39, 0.29) is 72.8 Å². The Kier molecular flexibility index (Phi) is 47.9. The quantitative estimate of drug-likeness (QED) is 0.614. The van der Waals surface area contributed by atoms with Crippen LogP contribution in [0.5, 0.6) is 0 Å². The summed E-state index contributed by atoms with van der Waals surface area (Å²) in [7, 11) is 0. The Morgan fingerprint density at radius 2 is 1.19 bits per heavy atom. The van der Waals surface area contributed by atoms with E-state index in [0.29, 0.717) is 0 Å². The van der Waals surface area contributed by atoms with Gasteiger partial charge in [0.25, 0.3) is 0 Å². The second kappa shape index (κ2) is 25.2. The zero-order valence-electron chi connectivity index (χ0n) is 11.9. The van der Waals surface area contributed by atoms with E-state index in [2.05, 4.69) is 26.0 Å². The van der Waals surface area contributed by atoms with Crippen LogP contribution in [0.4, 0.5) is 0 Å². The van der Waals surface area contributed by atoms with Gasteiger partial charge in [-0.15, -0.1) is 12.1 Å². The largest absolute Gasteiger partial charge is 0.358 e. The van der Waals surface area contributed by atoms with Gasteiger partial charge in [0.1, 0.15) is 0 Å². The van der Waals surface area contributed by atoms with E-state index in [0.717, 1.165) is 12.0 Å². The molecule has 0 unspecified atom stereocenters. The summed E-state index contributed by atoms with van der Waals surface area (Å²) >= 11 is 0. The zero-order chi connectivity index (χ0) is 10.7. The molecule has 0 bridgehead atoms. The predicted molar refractivity (Wildman–Crippen MR) is 69.4 cm³/mol. The zero-order valence-corrected chi connectivity index (χ0v) is 17.6. The maximum atomic E-state index is 3.80. The molecule has 0 aliphatic rings. The van der Waals surface area contributed by atoms with Crippen molar-refractivity contribution < 1.29 is 65.4 Å². The van der Waals surface area contributed by atoms with Gasteiger partial charge in [0.15, 0.2) is 0 Å². The summed E-state index contributed by atoms with van der Waals surface area (Å²) in [6.07, 6.45) is 1.11. The minimum Gasteiger partial charge on any atom is -0.358 e. The molecule has 0 atom stereocenters. The molecule has 0 nitrogen and oxygen atoms in total. The molecule has 90 valence electrons. The Hall–Kier alpha value is 1.30. The van der Waals surface area contributed by atoms with Gasteiger partial charge in [-0.1, -0.05) is 40.2 Å². The Labute approximate surface area is 154 Å². The normalized spacial score (nSPS) is 6.06. The van der Waals surface area contributed by atoms with Crippen molar-refractivity contribution in [3.63, 3.8) is 0 Å². The van der Waals surface area contributed by atoms with Gasteiger partial charge < -0.3 is 7.43 Å². The van der Waals surface area contributed by atoms with E-state index in [1.54, 1.807) is 0 Å². The molecule has 1 aromatic carbocycles. The molecule has 0 aliphatic carbocycles. The molecule has 2 radical (unpaired) electrons. The van der Waals surface area contributed by atoms with Crippen LogP contribution in [-0.2, 0) is 71.8 Å². The summed E-state index contributed by atoms with van der Waals surface area (Å²) in [5.74, 6) is 0. The first-order valence-electron chi connectivity index (χ1n) is 5.24. The molecule has 0 aromatic heterocycles. The van der Waals surface area contributed by atoms with Crippen LogP contribution in [0.25, 0.3) is 0 Å². The van der Waals surface area contributed by atoms with E-state index in [9.17, 15) is 0 Å². The molecule has 1 rings (SSSR count). The third kappa shape index (κ3) is 17.7. The van der Waals surface area contributed by atoms with Gasteiger partial charge >= 0.3 is 0 Å². The number of rotatable bonds is 1. The summed E-state index contributed by atoms with van der Waals surface area (Å²) in [4.78, 5) is 0. The molecular formula is C14H26Y2-2. The maximum absolute atomic E-state index is 3.80. The van der Waals surface area contributed by atoms with Crippen LogP contribution < -0.4 is 0 Å². The van der Waals surface area contributed by atoms with Crippen LogP contribution >= 0.6 is 0 Å². The van der Waals surface area contributed by atoms with Crippen LogP contribution in [0.2, 0.25) is 0 Å². The third-order valence-electron chi connectivity index (χ3n) is 1.43. The van der Waals surface area contributed by atoms with Crippen molar-refractivity contribution >= 4 is 0 Å². The van der Waals surface area contributed by atoms with Gasteiger partial charge in [0.05, 0.1) is 0 Å². The van der Waals surface area contributed by atoms with Crippen molar-refractivity contribution in [3.05, 3.63) is 49.7 Å². The van der Waals surface area contributed by atoms with Gasteiger partial charge in [0, 0.05) is 65.4 Å². The molecule has 2 heteroatoms. The van der Waals surface area contributed by atoms with E-state index < -0.39 is 0 Å². The van der Waals surface area contributed by atoms with Crippen LogP contribution in [0.15, 0.2) is 24.3 Å². The SMILES string of the molecule is CC.CC.[CH2-]c1ccc(CC)cc1.[CH3-].[Y].[Y]. The Morgan fingerprint density at radius 3 is 1.44 bits per heavy atom. The van der Waals surface area contributed by atoms with Gasteiger partial charge in [-0.05, 0) is 6.42 Å². The average Bonchev–Trinajstić information content (AvgIpc) is 2.25. The van der Waals surface area contributed by atoms with Gasteiger partial charge in [-0.3, -0.25) is 0 Å². The summed E-state index contributed by atoms with van der Waals surface area (Å²) in [5, 5.41) is 0. The summed E-state index contributed by atoms with van der Waals surface area (Å²) < 4.78 is 0. The summed E-state index contributed by atoms with van der Waals surface area (Å²) in [6.45, 7) is 13.9. The fraction of sp³-hybridized carbons (Fsp3) is 0.429. The maximum Gasteiger partial charge on any atom is 0 e. The molecule has 0 aliphatic heterocycles. The van der Waals surface area contributed by atoms with Crippen LogP contribution in [0, 0.1) is 14.4 Å². The van der Waals surface area contributed by atoms with Crippen LogP contribution in [-0.4, -0.2) is 0 Å². The summed E-state index contributed by atoms with van der Waals surface area (Å²) in [6, 6.07) is 8.31. The Bertz CT molecular complexity index is 180. The molecule has 0 amide bonds. The second-order valence-electron chi connectivity index (χ2n) is 2.17. The fourth-order valence-electron chi connectivity index (χ4n) is 0.775. The number of hydrogen-bond acceptors (Lipinski definition) is 0. The Morgan fingerprint density at radius 1 is 0.875 bits per heavy atom. The fourth-order valence-corrected chi connectivity index (χ4v) is 0.775. The molecular weight excluding hydrogens is 346 g/mol. The van der Waals surface area contributed by atoms with E-state index in [1.807, 2.05) is 39.8 Å². The smallest absolute Gasteiger partial charge is 0 e. The Balaban J connectivity index is -0.0000000524. The van der Waals surface area contributed by atoms with Gasteiger partial charge in [-0.2, -0.15) is 24.6 Å². The standard InChI is InChI=1S/C9H11.2C2H6.CH3.2Y/c1-3-9-6-4-8(2)5-7-9;2*1-2;;;/h4-7H,2-3H2,1H3;2*1-2H3;1H3;;/q-1;;;-1;;. The molecule has 0 N–H and O–H groups in total. The molecule has 0 saturated heterocycles. The average molecular weight is 372 g/mol. The van der Waals surface area contributed by atoms with Crippen molar-refractivity contribution in [2.45, 2.75) is 41.0 Å². The first-order chi connectivity index (χ1) is 6.33. The molecule has 0 spiro atoms. The molecule has 16 heavy (non-hydrogen) atoms. The van der Waals surface area contributed by atoms with Crippen molar-refractivity contribution in [1.82, 2.24) is 0 Å². The minimum atomic E-state index is 0. The van der Waals surface area contributed by atoms with Crippen molar-refractivity contribution in [1.29, 1.82) is 0 Å². The molecule has 1 aromatic rings. The summed E-state index contributed by atoms with van der Waals surface area (Å²) in [5.41, 5.74) is 2.47. The molecule has 0 heterocycles. The third-order valence-corrected chi connectivity index (χ3v) is 1.43. The first-order valence-corrected chi connectivity index (χ1v) is 5.24. The van der Waals surface area contributed by atoms with E-state index in [1.165, 1.54) is 5.56 Å². The van der Waals surface area contributed by atoms with Crippen LogP contribution in [0.1, 0.15) is 45.7 Å². The minimum absolute atomic E-state index is 0. The van der Waals surface area contributed by atoms with Crippen molar-refractivity contribution in [3.8, 4) is 0 Å². The first kappa shape index (κ1) is 30.4. The number of aryl methyl sites for hydroxylation is 1. The van der Waals surface area contributed by atoms with Gasteiger partial charge in [0.2, 0.25) is 0 Å². The second-order valence-corrected chi connectivity index (χ2v) is 2.17. The molecule has 0 fully saturated rings. The number of benzene rings is 1. The van der Waals surface area contributed by atoms with E-state index in [4.69, 9.17) is 0 Å². The number of hydrogen-bond donors (Lipinski definition) is 0. The van der Waals surface area contributed by atoms with Crippen LogP contribution in [0.3, 0.4) is 0 Å². The van der Waals surface area contributed by atoms with Crippen molar-refractivity contribution in [2.75, 3.05) is 0 Å². The monoisotopic (exact) mass is 372 g/mol.